The minimum atomic E-state index is -0.473. The molecular weight excluding hydrogens is 416 g/mol. The molecule has 4 rings (SSSR count). The SMILES string of the molecule is CN(C)c1ccc(/C=C2/N=C(c3ccccc3)N(C(=O)COc3ccccc3)NC2=O)cc1. The van der Waals surface area contributed by atoms with E-state index in [1.807, 2.05) is 91.8 Å². The highest BCUT2D eigenvalue weighted by Crippen LogP contribution is 2.19. The van der Waals surface area contributed by atoms with Gasteiger partial charge in [0.15, 0.2) is 12.4 Å². The van der Waals surface area contributed by atoms with E-state index in [-0.39, 0.29) is 12.3 Å². The van der Waals surface area contributed by atoms with Gasteiger partial charge in [0.05, 0.1) is 0 Å². The minimum Gasteiger partial charge on any atom is -0.484 e. The Morgan fingerprint density at radius 3 is 2.24 bits per heavy atom. The quantitative estimate of drug-likeness (QED) is 0.596. The number of rotatable bonds is 6. The van der Waals surface area contributed by atoms with Crippen LogP contribution in [-0.2, 0) is 9.59 Å². The number of anilines is 1. The highest BCUT2D eigenvalue weighted by molar-refractivity contribution is 6.15. The molecule has 0 atom stereocenters. The summed E-state index contributed by atoms with van der Waals surface area (Å²) >= 11 is 0. The summed E-state index contributed by atoms with van der Waals surface area (Å²) in [4.78, 5) is 32.3. The lowest BCUT2D eigenvalue weighted by atomic mass is 10.1. The Hall–Kier alpha value is -4.39. The van der Waals surface area contributed by atoms with Crippen LogP contribution in [0.5, 0.6) is 5.75 Å². The number of carbonyl (C=O) groups excluding carboxylic acids is 2. The highest BCUT2D eigenvalue weighted by Gasteiger charge is 2.30. The number of nitrogens with one attached hydrogen (secondary N) is 1. The molecule has 0 saturated heterocycles. The summed E-state index contributed by atoms with van der Waals surface area (Å²) in [6.07, 6.45) is 1.69. The van der Waals surface area contributed by atoms with Gasteiger partial charge in [-0.2, -0.15) is 5.01 Å². The first kappa shape index (κ1) is 21.8. The van der Waals surface area contributed by atoms with Crippen molar-refractivity contribution in [3.63, 3.8) is 0 Å². The predicted octanol–water partition coefficient (Wildman–Crippen LogP) is 3.49. The summed E-state index contributed by atoms with van der Waals surface area (Å²) in [5.74, 6) is -0.0224. The number of hydrogen-bond donors (Lipinski definition) is 1. The summed E-state index contributed by atoms with van der Waals surface area (Å²) < 4.78 is 5.58. The highest BCUT2D eigenvalue weighted by atomic mass is 16.5. The lowest BCUT2D eigenvalue weighted by molar-refractivity contribution is -0.137. The number of carbonyl (C=O) groups is 2. The number of ether oxygens (including phenoxy) is 1. The fraction of sp³-hybridized carbons (Fsp3) is 0.115. The Labute approximate surface area is 192 Å². The van der Waals surface area contributed by atoms with Gasteiger partial charge >= 0.3 is 0 Å². The predicted molar refractivity (Wildman–Crippen MR) is 129 cm³/mol. The number of amidine groups is 1. The Balaban J connectivity index is 1.63. The molecule has 1 heterocycles. The second-order valence-corrected chi connectivity index (χ2v) is 7.59. The number of amides is 2. The minimum absolute atomic E-state index is 0.208. The molecule has 33 heavy (non-hydrogen) atoms. The van der Waals surface area contributed by atoms with Crippen LogP contribution >= 0.6 is 0 Å². The molecule has 0 aromatic heterocycles. The van der Waals surface area contributed by atoms with E-state index in [1.165, 1.54) is 0 Å². The van der Waals surface area contributed by atoms with Crippen molar-refractivity contribution in [2.45, 2.75) is 0 Å². The lowest BCUT2D eigenvalue weighted by Crippen LogP contribution is -2.54. The number of aliphatic imine (C=N–C) groups is 1. The van der Waals surface area contributed by atoms with Crippen LogP contribution in [0.3, 0.4) is 0 Å². The molecule has 2 amide bonds. The van der Waals surface area contributed by atoms with Crippen molar-refractivity contribution in [2.24, 2.45) is 4.99 Å². The third kappa shape index (κ3) is 5.27. The van der Waals surface area contributed by atoms with Gasteiger partial charge in [-0.1, -0.05) is 60.7 Å². The molecule has 0 aliphatic carbocycles. The standard InChI is InChI=1S/C26H24N4O3/c1-29(2)21-15-13-19(14-16-21)17-23-26(32)28-30(25(27-23)20-9-5-3-6-10-20)24(31)18-33-22-11-7-4-8-12-22/h3-17H,18H2,1-2H3,(H,28,32)/b23-17+. The Kier molecular flexibility index (Phi) is 6.50. The van der Waals surface area contributed by atoms with E-state index in [2.05, 4.69) is 10.4 Å². The van der Waals surface area contributed by atoms with E-state index >= 15 is 0 Å². The van der Waals surface area contributed by atoms with E-state index in [0.717, 1.165) is 16.3 Å². The molecule has 7 heteroatoms. The summed E-state index contributed by atoms with van der Waals surface area (Å²) in [5.41, 5.74) is 5.44. The van der Waals surface area contributed by atoms with Crippen molar-refractivity contribution < 1.29 is 14.3 Å². The molecule has 0 radical (unpaired) electrons. The zero-order valence-corrected chi connectivity index (χ0v) is 18.4. The third-order valence-corrected chi connectivity index (χ3v) is 4.98. The number of hydrogen-bond acceptors (Lipinski definition) is 5. The monoisotopic (exact) mass is 440 g/mol. The number of benzene rings is 3. The Bertz CT molecular complexity index is 1190. The maximum absolute atomic E-state index is 12.9. The maximum atomic E-state index is 12.9. The summed E-state index contributed by atoms with van der Waals surface area (Å²) in [7, 11) is 3.93. The largest absolute Gasteiger partial charge is 0.484 e. The van der Waals surface area contributed by atoms with Crippen molar-refractivity contribution in [2.75, 3.05) is 25.6 Å². The van der Waals surface area contributed by atoms with Crippen LogP contribution in [0.1, 0.15) is 11.1 Å². The van der Waals surface area contributed by atoms with Crippen molar-refractivity contribution in [1.29, 1.82) is 0 Å². The normalized spacial score (nSPS) is 14.5. The van der Waals surface area contributed by atoms with Gasteiger partial charge in [0.2, 0.25) is 0 Å². The van der Waals surface area contributed by atoms with E-state index in [9.17, 15) is 9.59 Å². The van der Waals surface area contributed by atoms with Crippen molar-refractivity contribution >= 4 is 29.4 Å². The third-order valence-electron chi connectivity index (χ3n) is 4.98. The molecule has 0 spiro atoms. The van der Waals surface area contributed by atoms with Crippen LogP contribution in [0.25, 0.3) is 6.08 Å². The van der Waals surface area contributed by atoms with E-state index in [1.54, 1.807) is 18.2 Å². The zero-order chi connectivity index (χ0) is 23.2. The van der Waals surface area contributed by atoms with Gasteiger partial charge < -0.3 is 9.64 Å². The first-order valence-electron chi connectivity index (χ1n) is 10.5. The fourth-order valence-electron chi connectivity index (χ4n) is 3.24. The second kappa shape index (κ2) is 9.82. The van der Waals surface area contributed by atoms with Gasteiger partial charge in [-0.3, -0.25) is 15.0 Å². The van der Waals surface area contributed by atoms with Crippen LogP contribution < -0.4 is 15.1 Å². The molecular formula is C26H24N4O3. The van der Waals surface area contributed by atoms with E-state index in [0.29, 0.717) is 17.1 Å². The smallest absolute Gasteiger partial charge is 0.288 e. The number of nitrogens with zero attached hydrogens (tertiary/aromatic N) is 3. The molecule has 3 aromatic rings. The maximum Gasteiger partial charge on any atom is 0.288 e. The molecule has 3 aromatic carbocycles. The van der Waals surface area contributed by atoms with Crippen molar-refractivity contribution in [1.82, 2.24) is 10.4 Å². The van der Waals surface area contributed by atoms with Gasteiger partial charge in [-0.15, -0.1) is 0 Å². The van der Waals surface area contributed by atoms with Gasteiger partial charge in [0, 0.05) is 25.3 Å². The topological polar surface area (TPSA) is 74.2 Å². The Morgan fingerprint density at radius 1 is 0.970 bits per heavy atom. The van der Waals surface area contributed by atoms with Crippen LogP contribution in [-0.4, -0.2) is 43.4 Å². The van der Waals surface area contributed by atoms with E-state index in [4.69, 9.17) is 4.74 Å². The summed E-state index contributed by atoms with van der Waals surface area (Å²) in [5, 5.41) is 1.15. The molecule has 166 valence electrons. The molecule has 0 fully saturated rings. The molecule has 0 bridgehead atoms. The van der Waals surface area contributed by atoms with Gasteiger partial charge in [-0.05, 0) is 35.9 Å². The van der Waals surface area contributed by atoms with Crippen LogP contribution in [0.2, 0.25) is 0 Å². The van der Waals surface area contributed by atoms with Crippen LogP contribution in [0.4, 0.5) is 5.69 Å². The number of para-hydroxylation sites is 1. The van der Waals surface area contributed by atoms with Gasteiger partial charge in [0.25, 0.3) is 11.8 Å². The molecule has 0 unspecified atom stereocenters. The molecule has 7 nitrogen and oxygen atoms in total. The average molecular weight is 441 g/mol. The summed E-state index contributed by atoms with van der Waals surface area (Å²) in [6, 6.07) is 26.0. The van der Waals surface area contributed by atoms with Crippen LogP contribution in [0, 0.1) is 0 Å². The number of hydrazine groups is 1. The summed E-state index contributed by atoms with van der Waals surface area (Å²) in [6.45, 7) is -0.249. The molecule has 1 N–H and O–H groups in total. The Morgan fingerprint density at radius 2 is 1.61 bits per heavy atom. The van der Waals surface area contributed by atoms with Gasteiger partial charge in [0.1, 0.15) is 11.4 Å². The first-order chi connectivity index (χ1) is 16.0. The van der Waals surface area contributed by atoms with Crippen molar-refractivity contribution in [3.05, 3.63) is 102 Å². The lowest BCUT2D eigenvalue weighted by Gasteiger charge is -2.28. The van der Waals surface area contributed by atoms with E-state index < -0.39 is 11.8 Å². The fourth-order valence-corrected chi connectivity index (χ4v) is 3.24. The average Bonchev–Trinajstić information content (AvgIpc) is 2.85. The van der Waals surface area contributed by atoms with Crippen LogP contribution in [0.15, 0.2) is 95.6 Å². The second-order valence-electron chi connectivity index (χ2n) is 7.59. The van der Waals surface area contributed by atoms with Gasteiger partial charge in [-0.25, -0.2) is 4.99 Å². The van der Waals surface area contributed by atoms with Crippen molar-refractivity contribution in [3.8, 4) is 5.75 Å². The molecule has 1 aliphatic heterocycles. The zero-order valence-electron chi connectivity index (χ0n) is 18.4. The molecule has 1 aliphatic rings. The molecule has 0 saturated carbocycles. The first-order valence-corrected chi connectivity index (χ1v) is 10.5.